The van der Waals surface area contributed by atoms with E-state index in [0.29, 0.717) is 0 Å². The van der Waals surface area contributed by atoms with Crippen LogP contribution in [0.4, 0.5) is 0 Å². The number of phenols is 1. The predicted octanol–water partition coefficient (Wildman–Crippen LogP) is 1.84. The summed E-state index contributed by atoms with van der Waals surface area (Å²) in [6, 6.07) is 4.62. The second-order valence-electron chi connectivity index (χ2n) is 4.67. The minimum atomic E-state index is -0.355. The Labute approximate surface area is 108 Å². The Balaban J connectivity index is 2.81. The minimum absolute atomic E-state index is 0.0339. The fourth-order valence-electron chi connectivity index (χ4n) is 1.73. The summed E-state index contributed by atoms with van der Waals surface area (Å²) < 4.78 is 0. The lowest BCUT2D eigenvalue weighted by molar-refractivity contribution is 0.0888. The second-order valence-corrected chi connectivity index (χ2v) is 4.67. The van der Waals surface area contributed by atoms with Crippen molar-refractivity contribution in [1.82, 2.24) is 5.32 Å². The van der Waals surface area contributed by atoms with Gasteiger partial charge in [0, 0.05) is 0 Å². The van der Waals surface area contributed by atoms with E-state index in [1.807, 2.05) is 20.8 Å². The van der Waals surface area contributed by atoms with E-state index in [1.54, 1.807) is 18.2 Å². The van der Waals surface area contributed by atoms with Crippen LogP contribution in [0, 0.1) is 12.8 Å². The molecule has 0 radical (unpaired) electrons. The van der Waals surface area contributed by atoms with Crippen molar-refractivity contribution in [1.29, 1.82) is 0 Å². The van der Waals surface area contributed by atoms with Gasteiger partial charge in [0.1, 0.15) is 5.75 Å². The molecular weight excluding hydrogens is 230 g/mol. The first kappa shape index (κ1) is 14.5. The lowest BCUT2D eigenvalue weighted by atomic mass is 9.99. The SMILES string of the molecule is CC[C@H](C)[C@@H](CO)NC(=O)c1ccc(C)cc1O. The number of rotatable bonds is 5. The zero-order valence-corrected chi connectivity index (χ0v) is 11.1. The molecule has 1 aromatic carbocycles. The van der Waals surface area contributed by atoms with E-state index in [0.717, 1.165) is 12.0 Å². The minimum Gasteiger partial charge on any atom is -0.507 e. The molecule has 1 rings (SSSR count). The molecule has 18 heavy (non-hydrogen) atoms. The van der Waals surface area contributed by atoms with Crippen LogP contribution in [0.15, 0.2) is 18.2 Å². The van der Waals surface area contributed by atoms with Gasteiger partial charge in [-0.05, 0) is 30.5 Å². The average molecular weight is 251 g/mol. The molecule has 0 aliphatic rings. The second kappa shape index (κ2) is 6.40. The third-order valence-corrected chi connectivity index (χ3v) is 3.24. The molecule has 0 aliphatic carbocycles. The smallest absolute Gasteiger partial charge is 0.255 e. The Morgan fingerprint density at radius 1 is 1.44 bits per heavy atom. The van der Waals surface area contributed by atoms with E-state index in [9.17, 15) is 15.0 Å². The third kappa shape index (κ3) is 3.47. The summed E-state index contributed by atoms with van der Waals surface area (Å²) in [5.74, 6) is -0.202. The quantitative estimate of drug-likeness (QED) is 0.748. The number of aromatic hydroxyl groups is 1. The molecule has 0 aromatic heterocycles. The highest BCUT2D eigenvalue weighted by atomic mass is 16.3. The summed E-state index contributed by atoms with van der Waals surface area (Å²) >= 11 is 0. The van der Waals surface area contributed by atoms with Gasteiger partial charge in [0.2, 0.25) is 0 Å². The first-order chi connectivity index (χ1) is 8.49. The highest BCUT2D eigenvalue weighted by molar-refractivity contribution is 5.97. The number of nitrogens with one attached hydrogen (secondary N) is 1. The van der Waals surface area contributed by atoms with Gasteiger partial charge in [0.25, 0.3) is 5.91 Å². The molecule has 2 atom stereocenters. The average Bonchev–Trinajstić information content (AvgIpc) is 2.34. The summed E-state index contributed by atoms with van der Waals surface area (Å²) in [4.78, 5) is 12.0. The fraction of sp³-hybridized carbons (Fsp3) is 0.500. The Hall–Kier alpha value is -1.55. The predicted molar refractivity (Wildman–Crippen MR) is 70.6 cm³/mol. The van der Waals surface area contributed by atoms with E-state index >= 15 is 0 Å². The third-order valence-electron chi connectivity index (χ3n) is 3.24. The van der Waals surface area contributed by atoms with Gasteiger partial charge in [-0.15, -0.1) is 0 Å². The van der Waals surface area contributed by atoms with E-state index in [1.165, 1.54) is 0 Å². The van der Waals surface area contributed by atoms with Crippen LogP contribution in [0.25, 0.3) is 0 Å². The fourth-order valence-corrected chi connectivity index (χ4v) is 1.73. The number of aryl methyl sites for hydroxylation is 1. The number of carbonyl (C=O) groups is 1. The first-order valence-corrected chi connectivity index (χ1v) is 6.20. The largest absolute Gasteiger partial charge is 0.507 e. The first-order valence-electron chi connectivity index (χ1n) is 6.20. The highest BCUT2D eigenvalue weighted by Crippen LogP contribution is 2.19. The van der Waals surface area contributed by atoms with Crippen molar-refractivity contribution in [3.05, 3.63) is 29.3 Å². The lowest BCUT2D eigenvalue weighted by Crippen LogP contribution is -2.41. The van der Waals surface area contributed by atoms with Crippen molar-refractivity contribution in [3.8, 4) is 5.75 Å². The molecule has 0 aliphatic heterocycles. The zero-order valence-electron chi connectivity index (χ0n) is 11.1. The molecule has 100 valence electrons. The van der Waals surface area contributed by atoms with Crippen molar-refractivity contribution in [2.75, 3.05) is 6.61 Å². The van der Waals surface area contributed by atoms with Gasteiger partial charge in [-0.25, -0.2) is 0 Å². The maximum atomic E-state index is 12.0. The standard InChI is InChI=1S/C14H21NO3/c1-4-10(3)12(8-16)15-14(18)11-6-5-9(2)7-13(11)17/h5-7,10,12,16-17H,4,8H2,1-3H3,(H,15,18)/t10-,12+/m0/s1. The van der Waals surface area contributed by atoms with Crippen molar-refractivity contribution >= 4 is 5.91 Å². The van der Waals surface area contributed by atoms with E-state index < -0.39 is 0 Å². The number of aliphatic hydroxyl groups excluding tert-OH is 1. The molecule has 0 spiro atoms. The van der Waals surface area contributed by atoms with Crippen LogP contribution in [-0.2, 0) is 0 Å². The maximum absolute atomic E-state index is 12.0. The summed E-state index contributed by atoms with van der Waals surface area (Å²) in [6.45, 7) is 5.71. The number of aliphatic hydroxyl groups is 1. The number of carbonyl (C=O) groups excluding carboxylic acids is 1. The van der Waals surface area contributed by atoms with E-state index in [4.69, 9.17) is 0 Å². The number of hydrogen-bond acceptors (Lipinski definition) is 3. The van der Waals surface area contributed by atoms with Crippen molar-refractivity contribution in [3.63, 3.8) is 0 Å². The molecule has 0 unspecified atom stereocenters. The van der Waals surface area contributed by atoms with Gasteiger partial charge in [-0.1, -0.05) is 26.3 Å². The maximum Gasteiger partial charge on any atom is 0.255 e. The van der Waals surface area contributed by atoms with Crippen molar-refractivity contribution in [2.45, 2.75) is 33.2 Å². The van der Waals surface area contributed by atoms with Crippen LogP contribution in [0.1, 0.15) is 36.2 Å². The molecule has 3 N–H and O–H groups in total. The van der Waals surface area contributed by atoms with Crippen LogP contribution < -0.4 is 5.32 Å². The molecule has 4 nitrogen and oxygen atoms in total. The molecule has 4 heteroatoms. The summed E-state index contributed by atoms with van der Waals surface area (Å²) in [6.07, 6.45) is 0.866. The van der Waals surface area contributed by atoms with Gasteiger partial charge < -0.3 is 15.5 Å². The van der Waals surface area contributed by atoms with Crippen LogP contribution in [-0.4, -0.2) is 28.8 Å². The van der Waals surface area contributed by atoms with E-state index in [2.05, 4.69) is 5.32 Å². The molecule has 0 heterocycles. The topological polar surface area (TPSA) is 69.6 Å². The van der Waals surface area contributed by atoms with Crippen LogP contribution >= 0.6 is 0 Å². The molecule has 0 fully saturated rings. The number of benzene rings is 1. The molecule has 0 bridgehead atoms. The van der Waals surface area contributed by atoms with E-state index in [-0.39, 0.29) is 35.8 Å². The van der Waals surface area contributed by atoms with Crippen LogP contribution in [0.5, 0.6) is 5.75 Å². The van der Waals surface area contributed by atoms with Crippen molar-refractivity contribution in [2.24, 2.45) is 5.92 Å². The zero-order chi connectivity index (χ0) is 13.7. The van der Waals surface area contributed by atoms with Gasteiger partial charge in [-0.2, -0.15) is 0 Å². The van der Waals surface area contributed by atoms with Gasteiger partial charge in [0.15, 0.2) is 0 Å². The Bertz CT molecular complexity index is 418. The Morgan fingerprint density at radius 3 is 2.61 bits per heavy atom. The summed E-state index contributed by atoms with van der Waals surface area (Å²) in [5.41, 5.74) is 1.13. The van der Waals surface area contributed by atoms with Crippen molar-refractivity contribution < 1.29 is 15.0 Å². The molecule has 0 saturated heterocycles. The van der Waals surface area contributed by atoms with Gasteiger partial charge >= 0.3 is 0 Å². The van der Waals surface area contributed by atoms with Gasteiger partial charge in [-0.3, -0.25) is 4.79 Å². The number of hydrogen-bond donors (Lipinski definition) is 3. The molecular formula is C14H21NO3. The lowest BCUT2D eigenvalue weighted by Gasteiger charge is -2.22. The number of amides is 1. The molecule has 1 amide bonds. The van der Waals surface area contributed by atoms with Crippen LogP contribution in [0.2, 0.25) is 0 Å². The monoisotopic (exact) mass is 251 g/mol. The number of phenolic OH excluding ortho intramolecular Hbond substituents is 1. The molecule has 0 saturated carbocycles. The summed E-state index contributed by atoms with van der Waals surface area (Å²) in [7, 11) is 0. The molecule has 1 aromatic rings. The van der Waals surface area contributed by atoms with Gasteiger partial charge in [0.05, 0.1) is 18.2 Å². The Morgan fingerprint density at radius 2 is 2.11 bits per heavy atom. The van der Waals surface area contributed by atoms with Crippen LogP contribution in [0.3, 0.4) is 0 Å². The summed E-state index contributed by atoms with van der Waals surface area (Å²) in [5, 5.41) is 21.7. The Kier molecular flexibility index (Phi) is 5.16. The normalized spacial score (nSPS) is 14.0. The highest BCUT2D eigenvalue weighted by Gasteiger charge is 2.19.